The summed E-state index contributed by atoms with van der Waals surface area (Å²) in [6, 6.07) is 3.03. The van der Waals surface area contributed by atoms with Crippen LogP contribution in [0, 0.1) is 6.92 Å². The Morgan fingerprint density at radius 3 is 2.08 bits per heavy atom. The minimum absolute atomic E-state index is 0.0216. The molecule has 1 aromatic heterocycles. The van der Waals surface area contributed by atoms with Gasteiger partial charge in [-0.25, -0.2) is 4.79 Å². The van der Waals surface area contributed by atoms with E-state index in [2.05, 4.69) is 10.4 Å². The van der Waals surface area contributed by atoms with Crippen LogP contribution in [-0.4, -0.2) is 50.1 Å². The third-order valence-corrected chi connectivity index (χ3v) is 3.88. The van der Waals surface area contributed by atoms with Crippen LogP contribution in [0.15, 0.2) is 12.1 Å². The lowest BCUT2D eigenvalue weighted by molar-refractivity contribution is 0.0594. The van der Waals surface area contributed by atoms with Crippen molar-refractivity contribution in [1.29, 1.82) is 0 Å². The molecular weight excluding hydrogens is 342 g/mol. The van der Waals surface area contributed by atoms with E-state index < -0.39 is 11.9 Å². The molecular formula is C17H21N3O6. The molecule has 9 heteroatoms. The third kappa shape index (κ3) is 3.41. The Morgan fingerprint density at radius 2 is 1.62 bits per heavy atom. The quantitative estimate of drug-likeness (QED) is 0.781. The number of carbonyl (C=O) groups is 2. The zero-order valence-corrected chi connectivity index (χ0v) is 15.5. The fraction of sp³-hybridized carbons (Fsp3) is 0.353. The van der Waals surface area contributed by atoms with Gasteiger partial charge in [0.15, 0.2) is 17.2 Å². The van der Waals surface area contributed by atoms with Gasteiger partial charge in [0.1, 0.15) is 0 Å². The average molecular weight is 363 g/mol. The summed E-state index contributed by atoms with van der Waals surface area (Å²) in [6.45, 7) is 1.73. The number of nitrogens with one attached hydrogen (secondary N) is 1. The average Bonchev–Trinajstić information content (AvgIpc) is 2.94. The number of anilines is 1. The zero-order valence-electron chi connectivity index (χ0n) is 15.5. The van der Waals surface area contributed by atoms with Gasteiger partial charge in [-0.15, -0.1) is 0 Å². The Bertz CT molecular complexity index is 818. The lowest BCUT2D eigenvalue weighted by atomic mass is 10.1. The van der Waals surface area contributed by atoms with Crippen LogP contribution in [0.1, 0.15) is 26.5 Å². The molecule has 0 aliphatic heterocycles. The number of aromatic nitrogens is 2. The van der Waals surface area contributed by atoms with Gasteiger partial charge in [0, 0.05) is 12.6 Å². The van der Waals surface area contributed by atoms with E-state index >= 15 is 0 Å². The highest BCUT2D eigenvalue weighted by atomic mass is 16.5. The number of nitrogens with zero attached hydrogens (tertiary/aromatic N) is 2. The van der Waals surface area contributed by atoms with Crippen molar-refractivity contribution < 1.29 is 28.5 Å². The predicted octanol–water partition coefficient (Wildman–Crippen LogP) is 1.79. The van der Waals surface area contributed by atoms with E-state index in [0.717, 1.165) is 0 Å². The topological polar surface area (TPSA) is 101 Å². The second-order valence-electron chi connectivity index (χ2n) is 5.29. The molecule has 0 aliphatic carbocycles. The van der Waals surface area contributed by atoms with Crippen LogP contribution < -0.4 is 19.5 Å². The van der Waals surface area contributed by atoms with Gasteiger partial charge in [-0.3, -0.25) is 9.48 Å². The van der Waals surface area contributed by atoms with Crippen LogP contribution in [0.3, 0.4) is 0 Å². The molecule has 140 valence electrons. The molecule has 26 heavy (non-hydrogen) atoms. The number of aryl methyl sites for hydroxylation is 1. The number of hydrogen-bond acceptors (Lipinski definition) is 7. The van der Waals surface area contributed by atoms with E-state index in [-0.39, 0.29) is 16.9 Å². The summed E-state index contributed by atoms with van der Waals surface area (Å²) in [4.78, 5) is 24.6. The van der Waals surface area contributed by atoms with E-state index in [1.165, 1.54) is 45.3 Å². The highest BCUT2D eigenvalue weighted by molar-refractivity contribution is 6.08. The van der Waals surface area contributed by atoms with Gasteiger partial charge in [-0.05, 0) is 19.1 Å². The molecule has 0 aliphatic rings. The number of carbonyl (C=O) groups excluding carboxylic acids is 2. The summed E-state index contributed by atoms with van der Waals surface area (Å²) in [6.07, 6.45) is 0. The minimum atomic E-state index is -0.645. The van der Waals surface area contributed by atoms with Gasteiger partial charge in [-0.1, -0.05) is 0 Å². The number of amides is 1. The van der Waals surface area contributed by atoms with Crippen molar-refractivity contribution >= 4 is 17.6 Å². The molecule has 2 rings (SSSR count). The van der Waals surface area contributed by atoms with Crippen molar-refractivity contribution in [3.63, 3.8) is 0 Å². The molecule has 0 fully saturated rings. The molecule has 1 heterocycles. The van der Waals surface area contributed by atoms with E-state index in [1.54, 1.807) is 14.0 Å². The first kappa shape index (κ1) is 19.1. The van der Waals surface area contributed by atoms with Gasteiger partial charge < -0.3 is 24.3 Å². The van der Waals surface area contributed by atoms with E-state index in [4.69, 9.17) is 18.9 Å². The summed E-state index contributed by atoms with van der Waals surface area (Å²) in [5.41, 5.74) is 1.16. The summed E-state index contributed by atoms with van der Waals surface area (Å²) in [5.74, 6) is -0.0556. The summed E-state index contributed by atoms with van der Waals surface area (Å²) >= 11 is 0. The Hall–Kier alpha value is -3.23. The van der Waals surface area contributed by atoms with Crippen molar-refractivity contribution in [2.45, 2.75) is 6.92 Å². The zero-order chi connectivity index (χ0) is 19.4. The highest BCUT2D eigenvalue weighted by Gasteiger charge is 2.24. The molecule has 2 aromatic rings. The largest absolute Gasteiger partial charge is 0.493 e. The number of benzene rings is 1. The summed E-state index contributed by atoms with van der Waals surface area (Å²) in [7, 11) is 7.30. The Morgan fingerprint density at radius 1 is 1.04 bits per heavy atom. The van der Waals surface area contributed by atoms with Gasteiger partial charge in [-0.2, -0.15) is 5.10 Å². The van der Waals surface area contributed by atoms with Crippen LogP contribution in [0.5, 0.6) is 17.2 Å². The molecule has 1 amide bonds. The van der Waals surface area contributed by atoms with Gasteiger partial charge >= 0.3 is 5.97 Å². The molecule has 0 saturated heterocycles. The maximum Gasteiger partial charge on any atom is 0.360 e. The van der Waals surface area contributed by atoms with Crippen molar-refractivity contribution in [3.8, 4) is 17.2 Å². The molecule has 0 radical (unpaired) electrons. The minimum Gasteiger partial charge on any atom is -0.493 e. The van der Waals surface area contributed by atoms with Crippen molar-refractivity contribution in [2.24, 2.45) is 7.05 Å². The first-order valence-electron chi connectivity index (χ1n) is 7.61. The second kappa shape index (κ2) is 7.77. The van der Waals surface area contributed by atoms with Crippen LogP contribution in [0.4, 0.5) is 5.69 Å². The lowest BCUT2D eigenvalue weighted by Gasteiger charge is -2.14. The SMILES string of the molecule is COC(=O)c1nn(C)c(C)c1NC(=O)c1cc(OC)c(OC)c(OC)c1. The van der Waals surface area contributed by atoms with E-state index in [1.807, 2.05) is 0 Å². The highest BCUT2D eigenvalue weighted by Crippen LogP contribution is 2.38. The lowest BCUT2D eigenvalue weighted by Crippen LogP contribution is -2.16. The Labute approximate surface area is 150 Å². The fourth-order valence-electron chi connectivity index (χ4n) is 2.40. The molecule has 1 N–H and O–H groups in total. The van der Waals surface area contributed by atoms with E-state index in [9.17, 15) is 9.59 Å². The third-order valence-electron chi connectivity index (χ3n) is 3.88. The summed E-state index contributed by atoms with van der Waals surface area (Å²) < 4.78 is 21.9. The van der Waals surface area contributed by atoms with E-state index in [0.29, 0.717) is 22.9 Å². The van der Waals surface area contributed by atoms with Crippen molar-refractivity contribution in [3.05, 3.63) is 29.1 Å². The number of rotatable bonds is 6. The van der Waals surface area contributed by atoms with Crippen molar-refractivity contribution in [2.75, 3.05) is 33.8 Å². The van der Waals surface area contributed by atoms with Gasteiger partial charge in [0.2, 0.25) is 5.75 Å². The second-order valence-corrected chi connectivity index (χ2v) is 5.29. The Balaban J connectivity index is 2.44. The summed E-state index contributed by atoms with van der Waals surface area (Å²) in [5, 5.41) is 6.78. The first-order chi connectivity index (χ1) is 12.4. The number of esters is 1. The normalized spacial score (nSPS) is 10.2. The smallest absolute Gasteiger partial charge is 0.360 e. The first-order valence-corrected chi connectivity index (χ1v) is 7.61. The van der Waals surface area contributed by atoms with Crippen molar-refractivity contribution in [1.82, 2.24) is 9.78 Å². The van der Waals surface area contributed by atoms with Crippen LogP contribution in [0.2, 0.25) is 0 Å². The molecule has 9 nitrogen and oxygen atoms in total. The number of methoxy groups -OCH3 is 4. The molecule has 0 bridgehead atoms. The van der Waals surface area contributed by atoms with Crippen LogP contribution in [-0.2, 0) is 11.8 Å². The standard InChI is InChI=1S/C17H21N3O6/c1-9-13(14(17(22)26-6)19-20(9)2)18-16(21)10-7-11(23-3)15(25-5)12(8-10)24-4/h7-8H,1-6H3,(H,18,21). The van der Waals surface area contributed by atoms with Gasteiger partial charge in [0.05, 0.1) is 39.8 Å². The number of ether oxygens (including phenoxy) is 4. The monoisotopic (exact) mass is 363 g/mol. The molecule has 0 saturated carbocycles. The van der Waals surface area contributed by atoms with Crippen LogP contribution in [0.25, 0.3) is 0 Å². The Kier molecular flexibility index (Phi) is 5.71. The molecule has 1 aromatic carbocycles. The predicted molar refractivity (Wildman–Crippen MR) is 93.3 cm³/mol. The van der Waals surface area contributed by atoms with Gasteiger partial charge in [0.25, 0.3) is 5.91 Å². The molecule has 0 unspecified atom stereocenters. The maximum absolute atomic E-state index is 12.7. The molecule has 0 atom stereocenters. The fourth-order valence-corrected chi connectivity index (χ4v) is 2.40. The molecule has 0 spiro atoms. The number of hydrogen-bond donors (Lipinski definition) is 1. The van der Waals surface area contributed by atoms with Crippen LogP contribution >= 0.6 is 0 Å². The maximum atomic E-state index is 12.7.